The molecule has 0 amide bonds. The van der Waals surface area contributed by atoms with Gasteiger partial charge in [0.25, 0.3) is 0 Å². The van der Waals surface area contributed by atoms with E-state index in [2.05, 4.69) is 57.0 Å². The van der Waals surface area contributed by atoms with Crippen LogP contribution in [0.15, 0.2) is 18.2 Å². The molecule has 1 aromatic carbocycles. The van der Waals surface area contributed by atoms with Crippen LogP contribution >= 0.6 is 0 Å². The molecule has 1 heterocycles. The Hall–Kier alpha value is -1.24. The number of hydrogen-bond donors (Lipinski definition) is 0. The van der Waals surface area contributed by atoms with Gasteiger partial charge < -0.3 is 4.57 Å². The van der Waals surface area contributed by atoms with E-state index in [-0.39, 0.29) is 0 Å². The van der Waals surface area contributed by atoms with Crippen LogP contribution in [0.4, 0.5) is 0 Å². The first-order valence-electron chi connectivity index (χ1n) is 5.00. The van der Waals surface area contributed by atoms with Crippen molar-refractivity contribution in [3.63, 3.8) is 0 Å². The molecule has 1 nitrogen and oxygen atoms in total. The lowest BCUT2D eigenvalue weighted by Gasteiger charge is -1.98. The lowest BCUT2D eigenvalue weighted by atomic mass is 10.1. The van der Waals surface area contributed by atoms with Crippen molar-refractivity contribution in [2.75, 3.05) is 0 Å². The van der Waals surface area contributed by atoms with Crippen LogP contribution in [-0.4, -0.2) is 4.57 Å². The van der Waals surface area contributed by atoms with Gasteiger partial charge in [-0.3, -0.25) is 0 Å². The van der Waals surface area contributed by atoms with Crippen molar-refractivity contribution in [3.05, 3.63) is 41.4 Å². The van der Waals surface area contributed by atoms with Crippen molar-refractivity contribution in [2.45, 2.75) is 20.8 Å². The van der Waals surface area contributed by atoms with Gasteiger partial charge in [-0.05, 0) is 38.0 Å². The molecule has 0 aliphatic carbocycles. The summed E-state index contributed by atoms with van der Waals surface area (Å²) in [5.74, 6) is 0. The minimum Gasteiger partial charge on any atom is -0.348 e. The van der Waals surface area contributed by atoms with Crippen LogP contribution in [0.25, 0.3) is 10.9 Å². The summed E-state index contributed by atoms with van der Waals surface area (Å²) in [5.41, 5.74) is 5.35. The molecule has 73 valence electrons. The molecule has 0 saturated carbocycles. The summed E-state index contributed by atoms with van der Waals surface area (Å²) in [4.78, 5) is 0. The minimum atomic E-state index is 1.32. The first kappa shape index (κ1) is 9.32. The van der Waals surface area contributed by atoms with E-state index < -0.39 is 0 Å². The lowest BCUT2D eigenvalue weighted by Crippen LogP contribution is -1.90. The monoisotopic (exact) mass is 186 g/mol. The maximum Gasteiger partial charge on any atom is 0.0482 e. The highest BCUT2D eigenvalue weighted by Gasteiger charge is 2.09. The standard InChI is InChI=1S/C13H16N/c1-5-11-10(3)14(4)13-7-6-9(2)8-12(11)13/h5-8H,1-4H3. The van der Waals surface area contributed by atoms with Gasteiger partial charge in [-0.15, -0.1) is 0 Å². The predicted octanol–water partition coefficient (Wildman–Crippen LogP) is 3.37. The van der Waals surface area contributed by atoms with Crippen molar-refractivity contribution >= 4 is 10.9 Å². The molecule has 0 spiro atoms. The maximum atomic E-state index is 2.26. The van der Waals surface area contributed by atoms with Gasteiger partial charge >= 0.3 is 0 Å². The topological polar surface area (TPSA) is 4.93 Å². The normalized spacial score (nSPS) is 11.1. The highest BCUT2D eigenvalue weighted by atomic mass is 14.9. The van der Waals surface area contributed by atoms with E-state index in [1.165, 1.54) is 27.7 Å². The van der Waals surface area contributed by atoms with Gasteiger partial charge in [-0.1, -0.05) is 18.6 Å². The maximum absolute atomic E-state index is 2.26. The Kier molecular flexibility index (Phi) is 2.10. The average molecular weight is 186 g/mol. The van der Waals surface area contributed by atoms with E-state index in [1.54, 1.807) is 0 Å². The summed E-state index contributed by atoms with van der Waals surface area (Å²) in [6.07, 6.45) is 2.19. The average Bonchev–Trinajstić information content (AvgIpc) is 2.39. The van der Waals surface area contributed by atoms with Gasteiger partial charge in [0.05, 0.1) is 0 Å². The Bertz CT molecular complexity index is 477. The van der Waals surface area contributed by atoms with E-state index in [0.717, 1.165) is 0 Å². The largest absolute Gasteiger partial charge is 0.348 e. The molecule has 1 radical (unpaired) electrons. The summed E-state index contributed by atoms with van der Waals surface area (Å²) in [7, 11) is 2.12. The number of rotatable bonds is 1. The van der Waals surface area contributed by atoms with Crippen LogP contribution in [0.2, 0.25) is 0 Å². The van der Waals surface area contributed by atoms with Crippen LogP contribution < -0.4 is 0 Å². The molecular weight excluding hydrogens is 170 g/mol. The Labute approximate surface area is 85.4 Å². The molecule has 2 rings (SSSR count). The fourth-order valence-electron chi connectivity index (χ4n) is 2.08. The number of aryl methyl sites for hydroxylation is 2. The highest BCUT2D eigenvalue weighted by Crippen LogP contribution is 2.26. The molecule has 0 saturated heterocycles. The third kappa shape index (κ3) is 1.16. The quantitative estimate of drug-likeness (QED) is 0.643. The molecule has 1 heteroatoms. The molecule has 0 atom stereocenters. The molecular formula is C13H16N. The molecule has 14 heavy (non-hydrogen) atoms. The van der Waals surface area contributed by atoms with Gasteiger partial charge in [0.2, 0.25) is 0 Å². The van der Waals surface area contributed by atoms with Gasteiger partial charge in [-0.2, -0.15) is 0 Å². The van der Waals surface area contributed by atoms with Crippen molar-refractivity contribution < 1.29 is 0 Å². The molecule has 0 unspecified atom stereocenters. The van der Waals surface area contributed by atoms with Crippen molar-refractivity contribution in [3.8, 4) is 0 Å². The van der Waals surface area contributed by atoms with Gasteiger partial charge in [0.1, 0.15) is 0 Å². The second-order valence-electron chi connectivity index (χ2n) is 3.87. The number of aromatic nitrogens is 1. The third-order valence-corrected chi connectivity index (χ3v) is 2.99. The molecule has 2 aromatic rings. The van der Waals surface area contributed by atoms with Crippen LogP contribution in [0.5, 0.6) is 0 Å². The number of nitrogens with zero attached hydrogens (tertiary/aromatic N) is 1. The van der Waals surface area contributed by atoms with E-state index >= 15 is 0 Å². The van der Waals surface area contributed by atoms with Gasteiger partial charge in [-0.25, -0.2) is 0 Å². The van der Waals surface area contributed by atoms with E-state index in [0.29, 0.717) is 0 Å². The zero-order valence-corrected chi connectivity index (χ0v) is 9.26. The third-order valence-electron chi connectivity index (χ3n) is 2.99. The summed E-state index contributed by atoms with van der Waals surface area (Å²) < 4.78 is 2.25. The Balaban J connectivity index is 2.89. The lowest BCUT2D eigenvalue weighted by molar-refractivity contribution is 0.911. The van der Waals surface area contributed by atoms with E-state index in [4.69, 9.17) is 0 Å². The first-order chi connectivity index (χ1) is 6.65. The van der Waals surface area contributed by atoms with E-state index in [1.807, 2.05) is 0 Å². The fraction of sp³-hybridized carbons (Fsp3) is 0.308. The fourth-order valence-corrected chi connectivity index (χ4v) is 2.08. The molecule has 0 aliphatic heterocycles. The zero-order valence-electron chi connectivity index (χ0n) is 9.26. The molecule has 0 fully saturated rings. The van der Waals surface area contributed by atoms with Crippen molar-refractivity contribution in [2.24, 2.45) is 7.05 Å². The molecule has 1 aromatic heterocycles. The highest BCUT2D eigenvalue weighted by molar-refractivity contribution is 5.87. The molecule has 0 bridgehead atoms. The zero-order chi connectivity index (χ0) is 10.3. The Morgan fingerprint density at radius 3 is 2.57 bits per heavy atom. The SMILES string of the molecule is C[CH]c1c(C)n(C)c2ccc(C)cc12. The summed E-state index contributed by atoms with van der Waals surface area (Å²) in [6.45, 7) is 6.41. The Morgan fingerprint density at radius 2 is 1.93 bits per heavy atom. The van der Waals surface area contributed by atoms with Crippen molar-refractivity contribution in [1.29, 1.82) is 0 Å². The smallest absolute Gasteiger partial charge is 0.0482 e. The van der Waals surface area contributed by atoms with Crippen molar-refractivity contribution in [1.82, 2.24) is 4.57 Å². The Morgan fingerprint density at radius 1 is 1.21 bits per heavy atom. The van der Waals surface area contributed by atoms with Crippen LogP contribution in [-0.2, 0) is 7.05 Å². The number of fused-ring (bicyclic) bond motifs is 1. The first-order valence-corrected chi connectivity index (χ1v) is 5.00. The van der Waals surface area contributed by atoms with Gasteiger partial charge in [0.15, 0.2) is 0 Å². The number of hydrogen-bond acceptors (Lipinski definition) is 0. The summed E-state index contributed by atoms with van der Waals surface area (Å²) in [5, 5.41) is 1.37. The van der Waals surface area contributed by atoms with Crippen LogP contribution in [0.3, 0.4) is 0 Å². The van der Waals surface area contributed by atoms with Crippen LogP contribution in [0.1, 0.15) is 23.7 Å². The minimum absolute atomic E-state index is 1.32. The molecule has 0 aliphatic rings. The molecule has 0 N–H and O–H groups in total. The summed E-state index contributed by atoms with van der Waals surface area (Å²) >= 11 is 0. The predicted molar refractivity (Wildman–Crippen MR) is 61.5 cm³/mol. The van der Waals surface area contributed by atoms with E-state index in [9.17, 15) is 0 Å². The summed E-state index contributed by atoms with van der Waals surface area (Å²) in [6, 6.07) is 6.63. The number of benzene rings is 1. The van der Waals surface area contributed by atoms with Crippen LogP contribution in [0, 0.1) is 20.3 Å². The van der Waals surface area contributed by atoms with Gasteiger partial charge in [0, 0.05) is 23.6 Å². The second kappa shape index (κ2) is 3.16. The second-order valence-corrected chi connectivity index (χ2v) is 3.87.